The summed E-state index contributed by atoms with van der Waals surface area (Å²) in [5.74, 6) is -0.485. The lowest BCUT2D eigenvalue weighted by atomic mass is 10.1. The average molecular weight is 354 g/mol. The van der Waals surface area contributed by atoms with Crippen LogP contribution in [0.5, 0.6) is 5.75 Å². The SMILES string of the molecule is Cc1cc(=O)oc2cc(OCC(=O)N/N=C\c3cccc(F)c3)ccc12. The minimum atomic E-state index is -0.483. The Bertz CT molecular complexity index is 1040. The molecule has 0 aliphatic heterocycles. The molecular formula is C19H15FN2O4. The van der Waals surface area contributed by atoms with E-state index in [1.807, 2.05) is 6.92 Å². The molecule has 7 heteroatoms. The summed E-state index contributed by atoms with van der Waals surface area (Å²) in [7, 11) is 0. The Morgan fingerprint density at radius 1 is 1.27 bits per heavy atom. The summed E-state index contributed by atoms with van der Waals surface area (Å²) in [5, 5.41) is 4.53. The third kappa shape index (κ3) is 4.32. The monoisotopic (exact) mass is 354 g/mol. The molecule has 0 aliphatic rings. The zero-order chi connectivity index (χ0) is 18.5. The highest BCUT2D eigenvalue weighted by atomic mass is 19.1. The van der Waals surface area contributed by atoms with E-state index in [0.717, 1.165) is 10.9 Å². The van der Waals surface area contributed by atoms with Crippen LogP contribution >= 0.6 is 0 Å². The summed E-state index contributed by atoms with van der Waals surface area (Å²) >= 11 is 0. The van der Waals surface area contributed by atoms with Gasteiger partial charge in [0.15, 0.2) is 6.61 Å². The van der Waals surface area contributed by atoms with Crippen LogP contribution < -0.4 is 15.8 Å². The van der Waals surface area contributed by atoms with E-state index in [9.17, 15) is 14.0 Å². The summed E-state index contributed by atoms with van der Waals surface area (Å²) in [4.78, 5) is 23.2. The molecular weight excluding hydrogens is 339 g/mol. The molecule has 0 atom stereocenters. The van der Waals surface area contributed by atoms with Crippen molar-refractivity contribution in [2.24, 2.45) is 5.10 Å². The molecule has 0 fully saturated rings. The molecule has 0 unspecified atom stereocenters. The molecule has 0 saturated heterocycles. The summed E-state index contributed by atoms with van der Waals surface area (Å²) in [5.41, 5.74) is 3.54. The van der Waals surface area contributed by atoms with Gasteiger partial charge in [-0.15, -0.1) is 0 Å². The van der Waals surface area contributed by atoms with Crippen molar-refractivity contribution in [2.75, 3.05) is 6.61 Å². The Labute approximate surface area is 147 Å². The van der Waals surface area contributed by atoms with Gasteiger partial charge in [-0.1, -0.05) is 12.1 Å². The van der Waals surface area contributed by atoms with E-state index < -0.39 is 11.5 Å². The molecule has 26 heavy (non-hydrogen) atoms. The smallest absolute Gasteiger partial charge is 0.336 e. The van der Waals surface area contributed by atoms with Crippen LogP contribution in [0.2, 0.25) is 0 Å². The van der Waals surface area contributed by atoms with Gasteiger partial charge in [0.05, 0.1) is 6.21 Å². The highest BCUT2D eigenvalue weighted by Gasteiger charge is 2.06. The van der Waals surface area contributed by atoms with Crippen LogP contribution in [0, 0.1) is 12.7 Å². The molecule has 0 radical (unpaired) electrons. The first kappa shape index (κ1) is 17.3. The highest BCUT2D eigenvalue weighted by Crippen LogP contribution is 2.22. The van der Waals surface area contributed by atoms with E-state index in [-0.39, 0.29) is 12.4 Å². The molecule has 1 heterocycles. The van der Waals surface area contributed by atoms with Gasteiger partial charge in [0, 0.05) is 17.5 Å². The second kappa shape index (κ2) is 7.60. The number of benzene rings is 2. The molecule has 1 N–H and O–H groups in total. The zero-order valence-corrected chi connectivity index (χ0v) is 13.9. The first-order chi connectivity index (χ1) is 12.5. The normalized spacial score (nSPS) is 11.0. The zero-order valence-electron chi connectivity index (χ0n) is 13.9. The Morgan fingerprint density at radius 3 is 2.92 bits per heavy atom. The van der Waals surface area contributed by atoms with Crippen LogP contribution in [0.1, 0.15) is 11.1 Å². The number of carbonyl (C=O) groups is 1. The number of ether oxygens (including phenoxy) is 1. The van der Waals surface area contributed by atoms with E-state index in [1.165, 1.54) is 24.4 Å². The maximum Gasteiger partial charge on any atom is 0.336 e. The fourth-order valence-electron chi connectivity index (χ4n) is 2.34. The van der Waals surface area contributed by atoms with Crippen molar-refractivity contribution in [1.29, 1.82) is 0 Å². The molecule has 0 spiro atoms. The number of nitrogens with one attached hydrogen (secondary N) is 1. The molecule has 3 aromatic rings. The Kier molecular flexibility index (Phi) is 5.07. The molecule has 6 nitrogen and oxygen atoms in total. The van der Waals surface area contributed by atoms with Crippen LogP contribution in [0.25, 0.3) is 11.0 Å². The minimum absolute atomic E-state index is 0.276. The van der Waals surface area contributed by atoms with Gasteiger partial charge in [0.2, 0.25) is 0 Å². The Morgan fingerprint density at radius 2 is 2.12 bits per heavy atom. The number of amides is 1. The maximum atomic E-state index is 13.0. The number of aryl methyl sites for hydroxylation is 1. The van der Waals surface area contributed by atoms with Crippen molar-refractivity contribution in [3.8, 4) is 5.75 Å². The van der Waals surface area contributed by atoms with Crippen molar-refractivity contribution in [2.45, 2.75) is 6.92 Å². The van der Waals surface area contributed by atoms with Crippen LogP contribution in [-0.2, 0) is 4.79 Å². The van der Waals surface area contributed by atoms with Gasteiger partial charge < -0.3 is 9.15 Å². The standard InChI is InChI=1S/C19H15FN2O4/c1-12-7-19(24)26-17-9-15(5-6-16(12)17)25-11-18(23)22-21-10-13-3-2-4-14(20)8-13/h2-10H,11H2,1H3,(H,22,23)/b21-10-. The van der Waals surface area contributed by atoms with Gasteiger partial charge in [0.1, 0.15) is 17.1 Å². The van der Waals surface area contributed by atoms with Gasteiger partial charge in [0.25, 0.3) is 5.91 Å². The average Bonchev–Trinajstić information content (AvgIpc) is 2.59. The number of fused-ring (bicyclic) bond motifs is 1. The molecule has 0 aliphatic carbocycles. The number of halogens is 1. The predicted molar refractivity (Wildman–Crippen MR) is 94.9 cm³/mol. The third-order valence-corrected chi connectivity index (χ3v) is 3.54. The summed E-state index contributed by atoms with van der Waals surface area (Å²) in [6.07, 6.45) is 1.33. The van der Waals surface area contributed by atoms with Crippen LogP contribution in [0.3, 0.4) is 0 Å². The fraction of sp³-hybridized carbons (Fsp3) is 0.105. The molecule has 1 amide bonds. The predicted octanol–water partition coefficient (Wildman–Crippen LogP) is 2.77. The number of nitrogens with zero attached hydrogens (tertiary/aromatic N) is 1. The summed E-state index contributed by atoms with van der Waals surface area (Å²) < 4.78 is 23.5. The molecule has 1 aromatic heterocycles. The number of carbonyl (C=O) groups excluding carboxylic acids is 1. The van der Waals surface area contributed by atoms with Crippen LogP contribution in [0.4, 0.5) is 4.39 Å². The number of rotatable bonds is 5. The van der Waals surface area contributed by atoms with Gasteiger partial charge in [-0.3, -0.25) is 4.79 Å². The van der Waals surface area contributed by atoms with Crippen molar-refractivity contribution in [3.05, 3.63) is 75.9 Å². The molecule has 132 valence electrons. The second-order valence-electron chi connectivity index (χ2n) is 5.54. The third-order valence-electron chi connectivity index (χ3n) is 3.54. The van der Waals surface area contributed by atoms with E-state index in [2.05, 4.69) is 10.5 Å². The number of hydrogen-bond donors (Lipinski definition) is 1. The van der Waals surface area contributed by atoms with Gasteiger partial charge in [-0.05, 0) is 42.3 Å². The fourth-order valence-corrected chi connectivity index (χ4v) is 2.34. The van der Waals surface area contributed by atoms with Crippen molar-refractivity contribution >= 4 is 23.1 Å². The number of hydrogen-bond acceptors (Lipinski definition) is 5. The number of hydrazone groups is 1. The summed E-state index contributed by atoms with van der Waals surface area (Å²) in [6.45, 7) is 1.53. The quantitative estimate of drug-likeness (QED) is 0.434. The van der Waals surface area contributed by atoms with Crippen molar-refractivity contribution in [1.82, 2.24) is 5.43 Å². The molecule has 0 bridgehead atoms. The molecule has 0 saturated carbocycles. The second-order valence-corrected chi connectivity index (χ2v) is 5.54. The van der Waals surface area contributed by atoms with E-state index in [0.29, 0.717) is 16.9 Å². The first-order valence-corrected chi connectivity index (χ1v) is 7.76. The van der Waals surface area contributed by atoms with Crippen molar-refractivity contribution < 1.29 is 18.3 Å². The van der Waals surface area contributed by atoms with E-state index in [1.54, 1.807) is 30.3 Å². The topological polar surface area (TPSA) is 80.9 Å². The first-order valence-electron chi connectivity index (χ1n) is 7.76. The van der Waals surface area contributed by atoms with Gasteiger partial charge >= 0.3 is 5.63 Å². The lowest BCUT2D eigenvalue weighted by Gasteiger charge is -2.06. The highest BCUT2D eigenvalue weighted by molar-refractivity contribution is 5.83. The molecule has 2 aromatic carbocycles. The maximum absolute atomic E-state index is 13.0. The van der Waals surface area contributed by atoms with Gasteiger partial charge in [-0.2, -0.15) is 5.10 Å². The Hall–Kier alpha value is -3.48. The van der Waals surface area contributed by atoms with Crippen LogP contribution in [-0.4, -0.2) is 18.7 Å². The lowest BCUT2D eigenvalue weighted by Crippen LogP contribution is -2.24. The van der Waals surface area contributed by atoms with Crippen molar-refractivity contribution in [3.63, 3.8) is 0 Å². The molecule has 3 rings (SSSR count). The summed E-state index contributed by atoms with van der Waals surface area (Å²) in [6, 6.07) is 12.2. The van der Waals surface area contributed by atoms with Crippen LogP contribution in [0.15, 0.2) is 62.8 Å². The van der Waals surface area contributed by atoms with E-state index in [4.69, 9.17) is 9.15 Å². The van der Waals surface area contributed by atoms with E-state index >= 15 is 0 Å². The Balaban J connectivity index is 1.59. The largest absolute Gasteiger partial charge is 0.484 e. The minimum Gasteiger partial charge on any atom is -0.484 e. The lowest BCUT2D eigenvalue weighted by molar-refractivity contribution is -0.123. The van der Waals surface area contributed by atoms with Gasteiger partial charge in [-0.25, -0.2) is 14.6 Å².